The number of urea groups is 1. The van der Waals surface area contributed by atoms with Crippen molar-refractivity contribution in [2.75, 3.05) is 12.3 Å². The fourth-order valence-electron chi connectivity index (χ4n) is 2.04. The van der Waals surface area contributed by atoms with E-state index < -0.39 is 5.54 Å². The first-order valence-corrected chi connectivity index (χ1v) is 6.70. The predicted octanol–water partition coefficient (Wildman–Crippen LogP) is 2.05. The molecule has 1 fully saturated rings. The van der Waals surface area contributed by atoms with Gasteiger partial charge < -0.3 is 5.32 Å². The number of amides is 3. The van der Waals surface area contributed by atoms with Crippen LogP contribution in [0.1, 0.15) is 40.5 Å². The molecule has 5 heteroatoms. The molecular formula is C12H22N2O2S. The standard InChI is InChI=1S/C12H22N2O2S/c1-5-12(6-2,8-17)7-14-9(15)11(3,4)13-10(14)16/h17H,5-8H2,1-4H3,(H,13,16). The molecule has 1 heterocycles. The Morgan fingerprint density at radius 3 is 2.12 bits per heavy atom. The van der Waals surface area contributed by atoms with Crippen LogP contribution in [0.2, 0.25) is 0 Å². The zero-order valence-corrected chi connectivity index (χ0v) is 11.9. The minimum absolute atomic E-state index is 0.0729. The normalized spacial score (nSPS) is 19.7. The molecule has 3 amide bonds. The lowest BCUT2D eigenvalue weighted by Crippen LogP contribution is -2.44. The molecule has 1 saturated heterocycles. The molecule has 0 bridgehead atoms. The number of carbonyl (C=O) groups excluding carboxylic acids is 2. The van der Waals surface area contributed by atoms with Crippen molar-refractivity contribution in [3.05, 3.63) is 0 Å². The van der Waals surface area contributed by atoms with Gasteiger partial charge >= 0.3 is 6.03 Å². The summed E-state index contributed by atoms with van der Waals surface area (Å²) in [5.41, 5.74) is -0.850. The van der Waals surface area contributed by atoms with E-state index in [0.29, 0.717) is 12.3 Å². The highest BCUT2D eigenvalue weighted by molar-refractivity contribution is 7.80. The van der Waals surface area contributed by atoms with E-state index in [0.717, 1.165) is 12.8 Å². The first-order valence-electron chi connectivity index (χ1n) is 6.07. The number of nitrogens with zero attached hydrogens (tertiary/aromatic N) is 1. The summed E-state index contributed by atoms with van der Waals surface area (Å²) in [4.78, 5) is 25.2. The number of hydrogen-bond donors (Lipinski definition) is 2. The topological polar surface area (TPSA) is 49.4 Å². The molecule has 0 spiro atoms. The number of hydrogen-bond acceptors (Lipinski definition) is 3. The Bertz CT molecular complexity index is 316. The number of rotatable bonds is 5. The zero-order chi connectivity index (χ0) is 13.3. The average Bonchev–Trinajstić information content (AvgIpc) is 2.48. The van der Waals surface area contributed by atoms with E-state index in [1.54, 1.807) is 13.8 Å². The van der Waals surface area contributed by atoms with E-state index in [9.17, 15) is 9.59 Å². The van der Waals surface area contributed by atoms with E-state index in [1.807, 2.05) is 0 Å². The van der Waals surface area contributed by atoms with Crippen LogP contribution in [0.15, 0.2) is 0 Å². The molecule has 0 radical (unpaired) electrons. The molecular weight excluding hydrogens is 236 g/mol. The molecule has 0 atom stereocenters. The summed E-state index contributed by atoms with van der Waals surface area (Å²) in [6, 6.07) is -0.284. The quantitative estimate of drug-likeness (QED) is 0.586. The third-order valence-electron chi connectivity index (χ3n) is 3.77. The first kappa shape index (κ1) is 14.4. The minimum Gasteiger partial charge on any atom is -0.324 e. The monoisotopic (exact) mass is 258 g/mol. The van der Waals surface area contributed by atoms with Crippen LogP contribution in [0.3, 0.4) is 0 Å². The van der Waals surface area contributed by atoms with E-state index in [1.165, 1.54) is 4.90 Å². The summed E-state index contributed by atoms with van der Waals surface area (Å²) < 4.78 is 0. The second-order valence-electron chi connectivity index (χ2n) is 5.31. The van der Waals surface area contributed by atoms with Gasteiger partial charge in [-0.3, -0.25) is 9.69 Å². The summed E-state index contributed by atoms with van der Waals surface area (Å²) >= 11 is 4.37. The maximum absolute atomic E-state index is 12.1. The van der Waals surface area contributed by atoms with Gasteiger partial charge in [-0.1, -0.05) is 13.8 Å². The first-order chi connectivity index (χ1) is 7.82. The molecule has 0 aromatic rings. The third-order valence-corrected chi connectivity index (χ3v) is 4.44. The Kier molecular flexibility index (Phi) is 4.12. The number of thiol groups is 1. The molecule has 0 unspecified atom stereocenters. The van der Waals surface area contributed by atoms with Crippen LogP contribution in [0.25, 0.3) is 0 Å². The minimum atomic E-state index is -0.777. The summed E-state index contributed by atoms with van der Waals surface area (Å²) in [6.45, 7) is 8.06. The van der Waals surface area contributed by atoms with Crippen LogP contribution in [-0.2, 0) is 4.79 Å². The molecule has 98 valence electrons. The van der Waals surface area contributed by atoms with Crippen molar-refractivity contribution >= 4 is 24.6 Å². The maximum atomic E-state index is 12.1. The molecule has 0 aromatic carbocycles. The zero-order valence-electron chi connectivity index (χ0n) is 11.0. The number of nitrogens with one attached hydrogen (secondary N) is 1. The number of imide groups is 1. The highest BCUT2D eigenvalue weighted by Gasteiger charge is 2.46. The molecule has 1 aliphatic rings. The Morgan fingerprint density at radius 1 is 1.29 bits per heavy atom. The van der Waals surface area contributed by atoms with Crippen molar-refractivity contribution in [1.82, 2.24) is 10.2 Å². The Balaban J connectivity index is 2.88. The lowest BCUT2D eigenvalue weighted by atomic mass is 9.83. The fraction of sp³-hybridized carbons (Fsp3) is 0.833. The van der Waals surface area contributed by atoms with Crippen molar-refractivity contribution in [1.29, 1.82) is 0 Å². The van der Waals surface area contributed by atoms with Crippen LogP contribution >= 0.6 is 12.6 Å². The lowest BCUT2D eigenvalue weighted by Gasteiger charge is -2.33. The van der Waals surface area contributed by atoms with Crippen molar-refractivity contribution in [2.24, 2.45) is 5.41 Å². The molecule has 0 aliphatic carbocycles. The van der Waals surface area contributed by atoms with Gasteiger partial charge in [-0.25, -0.2) is 4.79 Å². The van der Waals surface area contributed by atoms with E-state index >= 15 is 0 Å². The van der Waals surface area contributed by atoms with E-state index in [4.69, 9.17) is 0 Å². The molecule has 4 nitrogen and oxygen atoms in total. The summed E-state index contributed by atoms with van der Waals surface area (Å²) in [5.74, 6) is 0.535. The molecule has 1 rings (SSSR count). The second-order valence-corrected chi connectivity index (χ2v) is 5.63. The SMILES string of the molecule is CCC(CC)(CS)CN1C(=O)NC(C)(C)C1=O. The average molecular weight is 258 g/mol. The van der Waals surface area contributed by atoms with Gasteiger partial charge in [0.2, 0.25) is 0 Å². The maximum Gasteiger partial charge on any atom is 0.325 e. The van der Waals surface area contributed by atoms with Gasteiger partial charge in [0.05, 0.1) is 0 Å². The number of carbonyl (C=O) groups is 2. The Labute approximate surface area is 109 Å². The van der Waals surface area contributed by atoms with E-state index in [2.05, 4.69) is 31.8 Å². The third kappa shape index (κ3) is 2.59. The van der Waals surface area contributed by atoms with E-state index in [-0.39, 0.29) is 17.4 Å². The highest BCUT2D eigenvalue weighted by Crippen LogP contribution is 2.31. The van der Waals surface area contributed by atoms with Crippen molar-refractivity contribution < 1.29 is 9.59 Å². The van der Waals surface area contributed by atoms with Gasteiger partial charge in [0, 0.05) is 6.54 Å². The molecule has 0 aromatic heterocycles. The predicted molar refractivity (Wildman–Crippen MR) is 71.2 cm³/mol. The van der Waals surface area contributed by atoms with Crippen LogP contribution in [0.5, 0.6) is 0 Å². The van der Waals surface area contributed by atoms with Crippen molar-refractivity contribution in [3.63, 3.8) is 0 Å². The van der Waals surface area contributed by atoms with Gasteiger partial charge in [0.25, 0.3) is 5.91 Å². The Hall–Kier alpha value is -0.710. The lowest BCUT2D eigenvalue weighted by molar-refractivity contribution is -0.131. The highest BCUT2D eigenvalue weighted by atomic mass is 32.1. The van der Waals surface area contributed by atoms with Gasteiger partial charge in [0.1, 0.15) is 5.54 Å². The Morgan fingerprint density at radius 2 is 1.82 bits per heavy atom. The molecule has 1 aliphatic heterocycles. The van der Waals surface area contributed by atoms with Gasteiger partial charge in [0.15, 0.2) is 0 Å². The molecule has 1 N–H and O–H groups in total. The summed E-state index contributed by atoms with van der Waals surface area (Å²) in [6.07, 6.45) is 1.81. The van der Waals surface area contributed by atoms with Crippen LogP contribution in [0.4, 0.5) is 4.79 Å². The van der Waals surface area contributed by atoms with Crippen LogP contribution < -0.4 is 5.32 Å². The second kappa shape index (κ2) is 4.88. The van der Waals surface area contributed by atoms with Gasteiger partial charge in [-0.15, -0.1) is 0 Å². The van der Waals surface area contributed by atoms with Crippen LogP contribution in [0, 0.1) is 5.41 Å². The molecule has 0 saturated carbocycles. The van der Waals surface area contributed by atoms with Gasteiger partial charge in [-0.2, -0.15) is 12.6 Å². The van der Waals surface area contributed by atoms with Crippen LogP contribution in [-0.4, -0.2) is 34.7 Å². The largest absolute Gasteiger partial charge is 0.325 e. The smallest absolute Gasteiger partial charge is 0.324 e. The summed E-state index contributed by atoms with van der Waals surface area (Å²) in [7, 11) is 0. The van der Waals surface area contributed by atoms with Crippen molar-refractivity contribution in [3.8, 4) is 0 Å². The fourth-order valence-corrected chi connectivity index (χ4v) is 2.59. The molecule has 17 heavy (non-hydrogen) atoms. The summed E-state index contributed by atoms with van der Waals surface area (Å²) in [5, 5.41) is 2.70. The van der Waals surface area contributed by atoms with Gasteiger partial charge in [-0.05, 0) is 37.9 Å². The van der Waals surface area contributed by atoms with Crippen molar-refractivity contribution in [2.45, 2.75) is 46.1 Å².